The second kappa shape index (κ2) is 6.88. The quantitative estimate of drug-likeness (QED) is 0.820. The maximum absolute atomic E-state index is 12.1. The SMILES string of the molecule is COc1ccc(/C=C/C(=O)Nc2sc3c(c2C(N)=O)CCC3)cc1. The third-order valence-corrected chi connectivity index (χ3v) is 5.15. The Morgan fingerprint density at radius 3 is 2.67 bits per heavy atom. The fraction of sp³-hybridized carbons (Fsp3) is 0.222. The second-order valence-electron chi connectivity index (χ2n) is 5.52. The summed E-state index contributed by atoms with van der Waals surface area (Å²) in [6, 6.07) is 7.37. The van der Waals surface area contributed by atoms with E-state index in [9.17, 15) is 9.59 Å². The number of benzene rings is 1. The van der Waals surface area contributed by atoms with Crippen molar-refractivity contribution < 1.29 is 14.3 Å². The standard InChI is InChI=1S/C18H18N2O3S/c1-23-12-8-5-11(6-9-12)7-10-15(21)20-18-16(17(19)22)13-3-2-4-14(13)24-18/h5-10H,2-4H2,1H3,(H2,19,22)(H,20,21)/b10-7+. The predicted molar refractivity (Wildman–Crippen MR) is 95.5 cm³/mol. The molecular weight excluding hydrogens is 324 g/mol. The number of amides is 2. The van der Waals surface area contributed by atoms with Crippen LogP contribution in [0, 0.1) is 0 Å². The Kier molecular flexibility index (Phi) is 4.66. The molecular formula is C18H18N2O3S. The van der Waals surface area contributed by atoms with Crippen molar-refractivity contribution in [3.8, 4) is 5.75 Å². The molecule has 1 aliphatic carbocycles. The molecule has 24 heavy (non-hydrogen) atoms. The van der Waals surface area contributed by atoms with Crippen LogP contribution in [0.5, 0.6) is 5.75 Å². The van der Waals surface area contributed by atoms with Gasteiger partial charge >= 0.3 is 0 Å². The van der Waals surface area contributed by atoms with Crippen LogP contribution in [0.15, 0.2) is 30.3 Å². The summed E-state index contributed by atoms with van der Waals surface area (Å²) in [4.78, 5) is 25.0. The number of fused-ring (bicyclic) bond motifs is 1. The molecule has 2 amide bonds. The summed E-state index contributed by atoms with van der Waals surface area (Å²) in [6.07, 6.45) is 5.98. The molecule has 5 nitrogen and oxygen atoms in total. The molecule has 0 atom stereocenters. The second-order valence-corrected chi connectivity index (χ2v) is 6.63. The Bertz CT molecular complexity index is 806. The average molecular weight is 342 g/mol. The summed E-state index contributed by atoms with van der Waals surface area (Å²) in [5.41, 5.74) is 7.84. The summed E-state index contributed by atoms with van der Waals surface area (Å²) in [5.74, 6) is -0.00659. The summed E-state index contributed by atoms with van der Waals surface area (Å²) in [6.45, 7) is 0. The van der Waals surface area contributed by atoms with E-state index in [-0.39, 0.29) is 5.91 Å². The van der Waals surface area contributed by atoms with Crippen LogP contribution in [0.2, 0.25) is 0 Å². The molecule has 0 bridgehead atoms. The molecule has 124 valence electrons. The van der Waals surface area contributed by atoms with Crippen LogP contribution in [0.25, 0.3) is 6.08 Å². The van der Waals surface area contributed by atoms with E-state index >= 15 is 0 Å². The van der Waals surface area contributed by atoms with Gasteiger partial charge in [0.25, 0.3) is 5.91 Å². The van der Waals surface area contributed by atoms with Crippen molar-refractivity contribution >= 4 is 34.2 Å². The van der Waals surface area contributed by atoms with Crippen LogP contribution >= 0.6 is 11.3 Å². The highest BCUT2D eigenvalue weighted by atomic mass is 32.1. The van der Waals surface area contributed by atoms with Gasteiger partial charge in [-0.25, -0.2) is 0 Å². The van der Waals surface area contributed by atoms with Gasteiger partial charge < -0.3 is 15.8 Å². The lowest BCUT2D eigenvalue weighted by Crippen LogP contribution is -2.16. The summed E-state index contributed by atoms with van der Waals surface area (Å²) in [7, 11) is 1.60. The molecule has 2 aromatic rings. The number of carbonyl (C=O) groups excluding carboxylic acids is 2. The molecule has 3 rings (SSSR count). The molecule has 1 aromatic carbocycles. The molecule has 0 spiro atoms. The molecule has 6 heteroatoms. The average Bonchev–Trinajstić information content (AvgIpc) is 3.13. The number of hydrogen-bond donors (Lipinski definition) is 2. The first-order valence-electron chi connectivity index (χ1n) is 7.66. The number of nitrogens with two attached hydrogens (primary N) is 1. The van der Waals surface area contributed by atoms with E-state index in [1.54, 1.807) is 13.2 Å². The van der Waals surface area contributed by atoms with Gasteiger partial charge in [0.2, 0.25) is 5.91 Å². The zero-order chi connectivity index (χ0) is 17.1. The van der Waals surface area contributed by atoms with Crippen LogP contribution in [-0.2, 0) is 17.6 Å². The number of ether oxygens (including phenoxy) is 1. The summed E-state index contributed by atoms with van der Waals surface area (Å²) in [5, 5.41) is 3.33. The van der Waals surface area contributed by atoms with Gasteiger partial charge in [0.1, 0.15) is 10.8 Å². The van der Waals surface area contributed by atoms with Crippen molar-refractivity contribution in [3.63, 3.8) is 0 Å². The van der Waals surface area contributed by atoms with E-state index in [1.165, 1.54) is 17.4 Å². The van der Waals surface area contributed by atoms with Gasteiger partial charge in [0, 0.05) is 11.0 Å². The Hall–Kier alpha value is -2.60. The number of thiophene rings is 1. The van der Waals surface area contributed by atoms with E-state index in [0.717, 1.165) is 41.0 Å². The number of hydrogen-bond acceptors (Lipinski definition) is 4. The van der Waals surface area contributed by atoms with Crippen molar-refractivity contribution in [2.24, 2.45) is 5.73 Å². The smallest absolute Gasteiger partial charge is 0.251 e. The number of rotatable bonds is 5. The van der Waals surface area contributed by atoms with Crippen molar-refractivity contribution in [2.75, 3.05) is 12.4 Å². The number of anilines is 1. The van der Waals surface area contributed by atoms with Crippen molar-refractivity contribution in [1.82, 2.24) is 0 Å². The highest BCUT2D eigenvalue weighted by Crippen LogP contribution is 2.38. The first-order chi connectivity index (χ1) is 11.6. The number of nitrogens with one attached hydrogen (secondary N) is 1. The minimum absolute atomic E-state index is 0.284. The Labute approximate surface area is 144 Å². The fourth-order valence-electron chi connectivity index (χ4n) is 2.79. The third kappa shape index (κ3) is 3.33. The zero-order valence-corrected chi connectivity index (χ0v) is 14.1. The Morgan fingerprint density at radius 1 is 1.25 bits per heavy atom. The summed E-state index contributed by atoms with van der Waals surface area (Å²) >= 11 is 1.45. The van der Waals surface area contributed by atoms with E-state index < -0.39 is 5.91 Å². The van der Waals surface area contributed by atoms with Crippen molar-refractivity contribution in [3.05, 3.63) is 51.9 Å². The summed E-state index contributed by atoms with van der Waals surface area (Å²) < 4.78 is 5.09. The van der Waals surface area contributed by atoms with Gasteiger partial charge in [-0.05, 0) is 48.6 Å². The van der Waals surface area contributed by atoms with Gasteiger partial charge in [0.05, 0.1) is 12.7 Å². The van der Waals surface area contributed by atoms with Crippen LogP contribution < -0.4 is 15.8 Å². The van der Waals surface area contributed by atoms with Gasteiger partial charge in [-0.15, -0.1) is 11.3 Å². The number of carbonyl (C=O) groups is 2. The maximum Gasteiger partial charge on any atom is 0.251 e. The molecule has 0 unspecified atom stereocenters. The topological polar surface area (TPSA) is 81.4 Å². The monoisotopic (exact) mass is 342 g/mol. The number of methoxy groups -OCH3 is 1. The van der Waals surface area contributed by atoms with Crippen molar-refractivity contribution in [1.29, 1.82) is 0 Å². The fourth-order valence-corrected chi connectivity index (χ4v) is 4.09. The Morgan fingerprint density at radius 2 is 2.00 bits per heavy atom. The van der Waals surface area contributed by atoms with Gasteiger partial charge in [-0.1, -0.05) is 12.1 Å². The van der Waals surface area contributed by atoms with Gasteiger partial charge in [-0.3, -0.25) is 9.59 Å². The van der Waals surface area contributed by atoms with Gasteiger partial charge in [0.15, 0.2) is 0 Å². The number of aryl methyl sites for hydroxylation is 1. The van der Waals surface area contributed by atoms with E-state index in [2.05, 4.69) is 5.32 Å². The Balaban J connectivity index is 1.73. The van der Waals surface area contributed by atoms with E-state index in [1.807, 2.05) is 24.3 Å². The third-order valence-electron chi connectivity index (χ3n) is 3.95. The first-order valence-corrected chi connectivity index (χ1v) is 8.47. The lowest BCUT2D eigenvalue weighted by molar-refractivity contribution is -0.111. The van der Waals surface area contributed by atoms with E-state index in [4.69, 9.17) is 10.5 Å². The predicted octanol–water partition coefficient (Wildman–Crippen LogP) is 3.00. The lowest BCUT2D eigenvalue weighted by atomic mass is 10.1. The molecule has 0 saturated heterocycles. The van der Waals surface area contributed by atoms with Crippen LogP contribution in [0.1, 0.15) is 32.8 Å². The number of primary amides is 1. The lowest BCUT2D eigenvalue weighted by Gasteiger charge is -2.03. The minimum Gasteiger partial charge on any atom is -0.497 e. The maximum atomic E-state index is 12.1. The van der Waals surface area contributed by atoms with E-state index in [0.29, 0.717) is 10.6 Å². The molecule has 0 saturated carbocycles. The molecule has 1 aromatic heterocycles. The molecule has 0 radical (unpaired) electrons. The molecule has 0 aliphatic heterocycles. The largest absolute Gasteiger partial charge is 0.497 e. The van der Waals surface area contributed by atoms with Gasteiger partial charge in [-0.2, -0.15) is 0 Å². The van der Waals surface area contributed by atoms with Crippen LogP contribution in [-0.4, -0.2) is 18.9 Å². The normalized spacial score (nSPS) is 13.0. The first kappa shape index (κ1) is 16.3. The van der Waals surface area contributed by atoms with Crippen LogP contribution in [0.3, 0.4) is 0 Å². The molecule has 0 fully saturated rings. The zero-order valence-electron chi connectivity index (χ0n) is 13.3. The van der Waals surface area contributed by atoms with Crippen LogP contribution in [0.4, 0.5) is 5.00 Å². The minimum atomic E-state index is -0.483. The highest BCUT2D eigenvalue weighted by molar-refractivity contribution is 7.17. The molecule has 1 heterocycles. The highest BCUT2D eigenvalue weighted by Gasteiger charge is 2.25. The molecule has 1 aliphatic rings. The molecule has 3 N–H and O–H groups in total. The van der Waals surface area contributed by atoms with Crippen molar-refractivity contribution in [2.45, 2.75) is 19.3 Å².